The van der Waals surface area contributed by atoms with Crippen LogP contribution in [0.1, 0.15) is 34.5 Å². The molecular weight excluding hydrogens is 355 g/mol. The van der Waals surface area contributed by atoms with Crippen LogP contribution >= 0.6 is 0 Å². The fraction of sp³-hybridized carbons (Fsp3) is 0.211. The van der Waals surface area contributed by atoms with E-state index in [0.29, 0.717) is 16.8 Å². The van der Waals surface area contributed by atoms with Gasteiger partial charge in [-0.2, -0.15) is 0 Å². The molecule has 1 atom stereocenters. The van der Waals surface area contributed by atoms with Crippen molar-refractivity contribution in [1.29, 1.82) is 0 Å². The summed E-state index contributed by atoms with van der Waals surface area (Å²) < 4.78 is 34.9. The monoisotopic (exact) mass is 374 g/mol. The highest BCUT2D eigenvalue weighted by molar-refractivity contribution is 7.72. The van der Waals surface area contributed by atoms with Gasteiger partial charge in [0.2, 0.25) is 0 Å². The van der Waals surface area contributed by atoms with E-state index in [1.807, 2.05) is 0 Å². The number of nitrogens with one attached hydrogen (secondary N) is 1. The third kappa shape index (κ3) is 5.07. The molecule has 1 amide bonds. The van der Waals surface area contributed by atoms with E-state index in [9.17, 15) is 17.6 Å². The maximum atomic E-state index is 13.0. The Balaban J connectivity index is 2.24. The van der Waals surface area contributed by atoms with Crippen molar-refractivity contribution in [3.05, 3.63) is 65.0 Å². The summed E-state index contributed by atoms with van der Waals surface area (Å²) in [6.07, 6.45) is 5.44. The number of terminal acetylenes is 1. The van der Waals surface area contributed by atoms with Crippen molar-refractivity contribution in [2.45, 2.75) is 13.0 Å². The molecule has 5 nitrogen and oxygen atoms in total. The van der Waals surface area contributed by atoms with Gasteiger partial charge in [0.05, 0.1) is 6.04 Å². The van der Waals surface area contributed by atoms with Crippen LogP contribution in [0, 0.1) is 18.2 Å². The lowest BCUT2D eigenvalue weighted by Gasteiger charge is -2.19. The quantitative estimate of drug-likeness (QED) is 0.602. The molecule has 2 rings (SSSR count). The summed E-state index contributed by atoms with van der Waals surface area (Å²) in [4.78, 5) is 14.1. The van der Waals surface area contributed by atoms with Crippen LogP contribution in [0.4, 0.5) is 10.1 Å². The molecule has 2 aromatic carbocycles. The Bertz CT molecular complexity index is 909. The number of carbonyl (C=O) groups excluding carboxylic acids is 1. The minimum Gasteiger partial charge on any atom is -0.361 e. The summed E-state index contributed by atoms with van der Waals surface area (Å²) in [7, 11) is -1.01. The van der Waals surface area contributed by atoms with Crippen molar-refractivity contribution in [2.75, 3.05) is 17.8 Å². The number of halogens is 1. The largest absolute Gasteiger partial charge is 0.361 e. The first kappa shape index (κ1) is 19.5. The van der Waals surface area contributed by atoms with Crippen molar-refractivity contribution in [2.24, 2.45) is 0 Å². The van der Waals surface area contributed by atoms with E-state index >= 15 is 0 Å². The molecule has 0 aliphatic carbocycles. The van der Waals surface area contributed by atoms with Crippen LogP contribution in [0.15, 0.2) is 42.5 Å². The summed E-state index contributed by atoms with van der Waals surface area (Å²) in [6, 6.07) is 10.3. The molecule has 0 saturated carbocycles. The van der Waals surface area contributed by atoms with E-state index in [0.717, 1.165) is 5.56 Å². The van der Waals surface area contributed by atoms with Gasteiger partial charge < -0.3 is 10.2 Å². The average molecular weight is 374 g/mol. The zero-order valence-electron chi connectivity index (χ0n) is 14.4. The molecule has 136 valence electrons. The van der Waals surface area contributed by atoms with E-state index in [4.69, 9.17) is 6.42 Å². The van der Waals surface area contributed by atoms with Crippen LogP contribution < -0.4 is 10.2 Å². The molecule has 0 spiro atoms. The summed E-state index contributed by atoms with van der Waals surface area (Å²) >= 11 is 0. The predicted molar refractivity (Wildman–Crippen MR) is 100 cm³/mol. The minimum absolute atomic E-state index is 0.184. The van der Waals surface area contributed by atoms with Gasteiger partial charge in [-0.1, -0.05) is 18.1 Å². The van der Waals surface area contributed by atoms with Crippen molar-refractivity contribution in [1.82, 2.24) is 5.32 Å². The third-order valence-electron chi connectivity index (χ3n) is 3.83. The SMILES string of the molecule is C#Cc1cc(C(=O)N[C@H](C)c2ccc(F)cc2)cc(N(C)C[SH](=O)=O)c1. The highest BCUT2D eigenvalue weighted by atomic mass is 32.2. The molecule has 0 saturated heterocycles. The minimum atomic E-state index is -2.61. The highest BCUT2D eigenvalue weighted by Gasteiger charge is 2.14. The summed E-state index contributed by atoms with van der Waals surface area (Å²) in [5.74, 6) is 1.57. The first-order valence-corrected chi connectivity index (χ1v) is 9.17. The second-order valence-corrected chi connectivity index (χ2v) is 6.78. The summed E-state index contributed by atoms with van der Waals surface area (Å²) in [6.45, 7) is 1.78. The maximum absolute atomic E-state index is 13.0. The van der Waals surface area contributed by atoms with E-state index in [2.05, 4.69) is 11.2 Å². The fourth-order valence-corrected chi connectivity index (χ4v) is 2.93. The zero-order valence-corrected chi connectivity index (χ0v) is 15.3. The Kier molecular flexibility index (Phi) is 6.36. The van der Waals surface area contributed by atoms with Crippen LogP contribution in [0.25, 0.3) is 0 Å². The van der Waals surface area contributed by atoms with Gasteiger partial charge in [0.25, 0.3) is 5.91 Å². The van der Waals surface area contributed by atoms with E-state index in [1.165, 1.54) is 17.0 Å². The number of nitrogens with zero attached hydrogens (tertiary/aromatic N) is 1. The fourth-order valence-electron chi connectivity index (χ4n) is 2.42. The van der Waals surface area contributed by atoms with Gasteiger partial charge in [-0.15, -0.1) is 6.42 Å². The number of amides is 1. The van der Waals surface area contributed by atoms with Crippen molar-refractivity contribution in [3.63, 3.8) is 0 Å². The van der Waals surface area contributed by atoms with Crippen molar-refractivity contribution < 1.29 is 17.6 Å². The van der Waals surface area contributed by atoms with Gasteiger partial charge in [-0.05, 0) is 42.8 Å². The summed E-state index contributed by atoms with van der Waals surface area (Å²) in [5.41, 5.74) is 2.07. The lowest BCUT2D eigenvalue weighted by atomic mass is 10.1. The summed E-state index contributed by atoms with van der Waals surface area (Å²) in [5, 5.41) is 2.82. The first-order valence-electron chi connectivity index (χ1n) is 7.81. The zero-order chi connectivity index (χ0) is 19.3. The third-order valence-corrected chi connectivity index (χ3v) is 4.49. The van der Waals surface area contributed by atoms with Crippen LogP contribution in [-0.4, -0.2) is 27.2 Å². The molecule has 0 aliphatic rings. The number of anilines is 1. The highest BCUT2D eigenvalue weighted by Crippen LogP contribution is 2.20. The lowest BCUT2D eigenvalue weighted by Crippen LogP contribution is -2.27. The van der Waals surface area contributed by atoms with Crippen LogP contribution in [0.2, 0.25) is 0 Å². The Labute approximate surface area is 153 Å². The van der Waals surface area contributed by atoms with Gasteiger partial charge in [-0.3, -0.25) is 4.79 Å². The molecule has 0 radical (unpaired) electrons. The first-order chi connectivity index (χ1) is 12.3. The molecular formula is C19H19FN2O3S. The molecule has 7 heteroatoms. The van der Waals surface area contributed by atoms with E-state index in [1.54, 1.807) is 44.3 Å². The molecule has 2 aromatic rings. The van der Waals surface area contributed by atoms with Gasteiger partial charge >= 0.3 is 0 Å². The average Bonchev–Trinajstić information content (AvgIpc) is 2.61. The van der Waals surface area contributed by atoms with E-state index in [-0.39, 0.29) is 23.6 Å². The number of thiol groups is 1. The van der Waals surface area contributed by atoms with Gasteiger partial charge in [0, 0.05) is 23.9 Å². The normalized spacial score (nSPS) is 11.7. The molecule has 0 unspecified atom stereocenters. The Hall–Kier alpha value is -2.85. The molecule has 0 aromatic heterocycles. The van der Waals surface area contributed by atoms with Crippen molar-refractivity contribution >= 4 is 22.3 Å². The Morgan fingerprint density at radius 3 is 2.50 bits per heavy atom. The number of rotatable bonds is 6. The molecule has 1 N–H and O–H groups in total. The van der Waals surface area contributed by atoms with Gasteiger partial charge in [-0.25, -0.2) is 12.8 Å². The van der Waals surface area contributed by atoms with Crippen LogP contribution in [-0.2, 0) is 10.7 Å². The molecule has 0 heterocycles. The molecule has 0 aliphatic heterocycles. The second-order valence-electron chi connectivity index (χ2n) is 5.83. The number of carbonyl (C=O) groups is 1. The van der Waals surface area contributed by atoms with Gasteiger partial charge in [0.15, 0.2) is 10.7 Å². The van der Waals surface area contributed by atoms with Gasteiger partial charge in [0.1, 0.15) is 11.7 Å². The number of hydrogen-bond acceptors (Lipinski definition) is 4. The van der Waals surface area contributed by atoms with E-state index < -0.39 is 10.7 Å². The Morgan fingerprint density at radius 2 is 1.92 bits per heavy atom. The second kappa shape index (κ2) is 8.50. The smallest absolute Gasteiger partial charge is 0.251 e. The molecule has 0 fully saturated rings. The van der Waals surface area contributed by atoms with Crippen LogP contribution in [0.3, 0.4) is 0 Å². The van der Waals surface area contributed by atoms with Crippen molar-refractivity contribution in [3.8, 4) is 12.3 Å². The predicted octanol–water partition coefficient (Wildman–Crippen LogP) is 2.30. The maximum Gasteiger partial charge on any atom is 0.251 e. The number of hydrogen-bond donors (Lipinski definition) is 2. The standard InChI is InChI=1S/C19H19FN2O3S/c1-4-14-9-16(11-18(10-14)22(3)12-26(24)25)19(23)21-13(2)15-5-7-17(20)8-6-15/h1,5-11,13,26H,12H2,2-3H3,(H,21,23)/t13-/m1/s1. The molecule has 0 bridgehead atoms. The number of benzene rings is 2. The van der Waals surface area contributed by atoms with Crippen LogP contribution in [0.5, 0.6) is 0 Å². The lowest BCUT2D eigenvalue weighted by molar-refractivity contribution is 0.0940. The Morgan fingerprint density at radius 1 is 1.27 bits per heavy atom. The molecule has 26 heavy (non-hydrogen) atoms. The topological polar surface area (TPSA) is 66.5 Å².